The van der Waals surface area contributed by atoms with Crippen molar-refractivity contribution in [1.29, 1.82) is 0 Å². The zero-order valence-corrected chi connectivity index (χ0v) is 13.2. The van der Waals surface area contributed by atoms with E-state index in [2.05, 4.69) is 0 Å². The van der Waals surface area contributed by atoms with Crippen LogP contribution in [-0.2, 0) is 9.47 Å². The Morgan fingerprint density at radius 2 is 1.63 bits per heavy atom. The van der Waals surface area contributed by atoms with Gasteiger partial charge in [0.25, 0.3) is 0 Å². The Balaban J connectivity index is 2.79. The van der Waals surface area contributed by atoms with Crippen LogP contribution in [0, 0.1) is 3.57 Å². The molecule has 0 saturated heterocycles. The summed E-state index contributed by atoms with van der Waals surface area (Å²) in [6.07, 6.45) is 1.56. The van der Waals surface area contributed by atoms with Crippen LogP contribution >= 0.6 is 22.6 Å². The van der Waals surface area contributed by atoms with Crippen LogP contribution in [0.15, 0.2) is 18.2 Å². The Labute approximate surface area is 126 Å². The topological polar surface area (TPSA) is 52.6 Å². The van der Waals surface area contributed by atoms with E-state index in [1.54, 1.807) is 18.2 Å². The summed E-state index contributed by atoms with van der Waals surface area (Å²) in [4.78, 5) is 23.4. The van der Waals surface area contributed by atoms with Gasteiger partial charge in [0.1, 0.15) is 0 Å². The Bertz CT molecular complexity index is 457. The Hall–Kier alpha value is -1.11. The fraction of sp³-hybridized carbons (Fsp3) is 0.429. The van der Waals surface area contributed by atoms with Gasteiger partial charge in [0.05, 0.1) is 24.3 Å². The molecule has 19 heavy (non-hydrogen) atoms. The zero-order chi connectivity index (χ0) is 14.3. The molecule has 1 rings (SSSR count). The molecule has 1 aromatic rings. The summed E-state index contributed by atoms with van der Waals surface area (Å²) in [5.74, 6) is -0.729. The van der Waals surface area contributed by atoms with Crippen molar-refractivity contribution in [2.45, 2.75) is 26.7 Å². The minimum atomic E-state index is -0.367. The standard InChI is InChI=1S/C14H17IO4/c1-3-7-18-13(16)10-5-6-11(12(15)9-10)14(17)19-8-4-2/h5-6,9H,3-4,7-8H2,1-2H3. The van der Waals surface area contributed by atoms with E-state index in [1.807, 2.05) is 36.4 Å². The predicted octanol–water partition coefficient (Wildman–Crippen LogP) is 3.42. The molecule has 0 radical (unpaired) electrons. The number of hydrogen-bond donors (Lipinski definition) is 0. The van der Waals surface area contributed by atoms with Crippen LogP contribution in [0.4, 0.5) is 0 Å². The van der Waals surface area contributed by atoms with Crippen LogP contribution in [0.2, 0.25) is 0 Å². The first kappa shape index (κ1) is 15.9. The molecular formula is C14H17IO4. The molecule has 0 atom stereocenters. The second-order valence-electron chi connectivity index (χ2n) is 3.97. The molecule has 0 heterocycles. The lowest BCUT2D eigenvalue weighted by molar-refractivity contribution is 0.0489. The summed E-state index contributed by atoms with van der Waals surface area (Å²) < 4.78 is 10.8. The van der Waals surface area contributed by atoms with Gasteiger partial charge in [-0.05, 0) is 53.6 Å². The fourth-order valence-electron chi connectivity index (χ4n) is 1.36. The summed E-state index contributed by atoms with van der Waals surface area (Å²) >= 11 is 2.02. The quantitative estimate of drug-likeness (QED) is 0.564. The number of halogens is 1. The number of hydrogen-bond acceptors (Lipinski definition) is 4. The van der Waals surface area contributed by atoms with Crippen molar-refractivity contribution in [3.8, 4) is 0 Å². The first-order valence-electron chi connectivity index (χ1n) is 6.24. The van der Waals surface area contributed by atoms with Crippen LogP contribution in [0.1, 0.15) is 47.4 Å². The second kappa shape index (κ2) is 8.14. The first-order valence-corrected chi connectivity index (χ1v) is 7.31. The van der Waals surface area contributed by atoms with Gasteiger partial charge < -0.3 is 9.47 Å². The number of ether oxygens (including phenoxy) is 2. The normalized spacial score (nSPS) is 10.1. The molecular weight excluding hydrogens is 359 g/mol. The molecule has 104 valence electrons. The van der Waals surface area contributed by atoms with E-state index >= 15 is 0 Å². The van der Waals surface area contributed by atoms with Crippen LogP contribution in [0.3, 0.4) is 0 Å². The average molecular weight is 376 g/mol. The van der Waals surface area contributed by atoms with Gasteiger partial charge in [-0.3, -0.25) is 0 Å². The lowest BCUT2D eigenvalue weighted by Crippen LogP contribution is -2.10. The minimum Gasteiger partial charge on any atom is -0.462 e. The number of carbonyl (C=O) groups excluding carboxylic acids is 2. The van der Waals surface area contributed by atoms with Crippen molar-refractivity contribution in [2.24, 2.45) is 0 Å². The van der Waals surface area contributed by atoms with Gasteiger partial charge in [-0.1, -0.05) is 13.8 Å². The molecule has 0 fully saturated rings. The molecule has 0 aromatic heterocycles. The molecule has 0 unspecified atom stereocenters. The van der Waals surface area contributed by atoms with E-state index in [0.29, 0.717) is 27.9 Å². The molecule has 0 aliphatic carbocycles. The fourth-order valence-corrected chi connectivity index (χ4v) is 2.09. The molecule has 0 bridgehead atoms. The number of benzene rings is 1. The number of esters is 2. The SMILES string of the molecule is CCCOC(=O)c1ccc(C(=O)OCCC)c(I)c1. The molecule has 1 aromatic carbocycles. The van der Waals surface area contributed by atoms with E-state index in [-0.39, 0.29) is 11.9 Å². The van der Waals surface area contributed by atoms with Crippen LogP contribution in [0.5, 0.6) is 0 Å². The summed E-state index contributed by atoms with van der Waals surface area (Å²) in [5, 5.41) is 0. The second-order valence-corrected chi connectivity index (χ2v) is 5.13. The Kier molecular flexibility index (Phi) is 6.83. The van der Waals surface area contributed by atoms with E-state index in [0.717, 1.165) is 12.8 Å². The predicted molar refractivity (Wildman–Crippen MR) is 80.3 cm³/mol. The maximum atomic E-state index is 11.7. The summed E-state index contributed by atoms with van der Waals surface area (Å²) in [7, 11) is 0. The summed E-state index contributed by atoms with van der Waals surface area (Å²) in [6, 6.07) is 4.83. The highest BCUT2D eigenvalue weighted by Crippen LogP contribution is 2.16. The van der Waals surface area contributed by atoms with Crippen molar-refractivity contribution in [3.63, 3.8) is 0 Å². The average Bonchev–Trinajstić information content (AvgIpc) is 2.41. The van der Waals surface area contributed by atoms with Gasteiger partial charge in [-0.15, -0.1) is 0 Å². The summed E-state index contributed by atoms with van der Waals surface area (Å²) in [6.45, 7) is 4.67. The van der Waals surface area contributed by atoms with E-state index in [1.165, 1.54) is 0 Å². The smallest absolute Gasteiger partial charge is 0.339 e. The van der Waals surface area contributed by atoms with Gasteiger partial charge in [0.15, 0.2) is 0 Å². The Morgan fingerprint density at radius 3 is 2.16 bits per heavy atom. The third-order valence-corrected chi connectivity index (χ3v) is 3.19. The van der Waals surface area contributed by atoms with Crippen molar-refractivity contribution >= 4 is 34.5 Å². The van der Waals surface area contributed by atoms with E-state index < -0.39 is 0 Å². The highest BCUT2D eigenvalue weighted by molar-refractivity contribution is 14.1. The molecule has 0 amide bonds. The highest BCUT2D eigenvalue weighted by atomic mass is 127. The van der Waals surface area contributed by atoms with Gasteiger partial charge in [0, 0.05) is 3.57 Å². The van der Waals surface area contributed by atoms with Crippen molar-refractivity contribution < 1.29 is 19.1 Å². The third kappa shape index (κ3) is 4.81. The third-order valence-electron chi connectivity index (χ3n) is 2.30. The zero-order valence-electron chi connectivity index (χ0n) is 11.1. The number of carbonyl (C=O) groups is 2. The summed E-state index contributed by atoms with van der Waals surface area (Å²) in [5.41, 5.74) is 0.922. The monoisotopic (exact) mass is 376 g/mol. The van der Waals surface area contributed by atoms with Crippen molar-refractivity contribution in [1.82, 2.24) is 0 Å². The van der Waals surface area contributed by atoms with Crippen molar-refractivity contribution in [2.75, 3.05) is 13.2 Å². The maximum Gasteiger partial charge on any atom is 0.339 e. The van der Waals surface area contributed by atoms with E-state index in [9.17, 15) is 9.59 Å². The van der Waals surface area contributed by atoms with Crippen LogP contribution in [-0.4, -0.2) is 25.2 Å². The van der Waals surface area contributed by atoms with Crippen LogP contribution in [0.25, 0.3) is 0 Å². The lowest BCUT2D eigenvalue weighted by Gasteiger charge is -2.07. The molecule has 0 N–H and O–H groups in total. The largest absolute Gasteiger partial charge is 0.462 e. The molecule has 0 saturated carbocycles. The molecule has 5 heteroatoms. The minimum absolute atomic E-state index is 0.361. The molecule has 0 spiro atoms. The molecule has 4 nitrogen and oxygen atoms in total. The van der Waals surface area contributed by atoms with Gasteiger partial charge in [0.2, 0.25) is 0 Å². The lowest BCUT2D eigenvalue weighted by atomic mass is 10.1. The Morgan fingerprint density at radius 1 is 1.05 bits per heavy atom. The van der Waals surface area contributed by atoms with Crippen LogP contribution < -0.4 is 0 Å². The highest BCUT2D eigenvalue weighted by Gasteiger charge is 2.14. The maximum absolute atomic E-state index is 11.7. The van der Waals surface area contributed by atoms with E-state index in [4.69, 9.17) is 9.47 Å². The first-order chi connectivity index (χ1) is 9.10. The van der Waals surface area contributed by atoms with Gasteiger partial charge in [-0.25, -0.2) is 9.59 Å². The van der Waals surface area contributed by atoms with Crippen molar-refractivity contribution in [3.05, 3.63) is 32.9 Å². The number of rotatable bonds is 6. The van der Waals surface area contributed by atoms with Gasteiger partial charge in [-0.2, -0.15) is 0 Å². The van der Waals surface area contributed by atoms with Gasteiger partial charge >= 0.3 is 11.9 Å². The molecule has 0 aliphatic heterocycles. The molecule has 0 aliphatic rings.